The molecule has 0 bridgehead atoms. The van der Waals surface area contributed by atoms with Crippen molar-refractivity contribution in [2.75, 3.05) is 14.2 Å². The molecular formula is C10H12ClFO3. The Hall–Kier alpha value is -1.00. The first kappa shape index (κ1) is 12.1. The van der Waals surface area contributed by atoms with Gasteiger partial charge in [-0.05, 0) is 13.0 Å². The van der Waals surface area contributed by atoms with Gasteiger partial charge in [0, 0.05) is 5.56 Å². The Labute approximate surface area is 92.4 Å². The second-order valence-electron chi connectivity index (χ2n) is 3.01. The molecule has 0 aliphatic carbocycles. The van der Waals surface area contributed by atoms with E-state index in [9.17, 15) is 9.50 Å². The average molecular weight is 235 g/mol. The molecule has 0 fully saturated rings. The van der Waals surface area contributed by atoms with Gasteiger partial charge in [0.15, 0.2) is 17.3 Å². The van der Waals surface area contributed by atoms with Crippen LogP contribution in [0.2, 0.25) is 5.02 Å². The van der Waals surface area contributed by atoms with Crippen molar-refractivity contribution in [2.24, 2.45) is 0 Å². The fourth-order valence-electron chi connectivity index (χ4n) is 1.25. The first-order valence-corrected chi connectivity index (χ1v) is 4.68. The first-order valence-electron chi connectivity index (χ1n) is 4.30. The molecule has 1 atom stereocenters. The lowest BCUT2D eigenvalue weighted by molar-refractivity contribution is 0.193. The molecule has 1 aromatic carbocycles. The molecule has 0 amide bonds. The molecule has 15 heavy (non-hydrogen) atoms. The topological polar surface area (TPSA) is 38.7 Å². The Kier molecular flexibility index (Phi) is 3.77. The van der Waals surface area contributed by atoms with E-state index in [-0.39, 0.29) is 16.3 Å². The molecule has 0 saturated heterocycles. The number of hydrogen-bond donors (Lipinski definition) is 1. The summed E-state index contributed by atoms with van der Waals surface area (Å²) >= 11 is 5.74. The van der Waals surface area contributed by atoms with Crippen molar-refractivity contribution < 1.29 is 19.0 Å². The maximum Gasteiger partial charge on any atom is 0.182 e. The van der Waals surface area contributed by atoms with Gasteiger partial charge in [-0.15, -0.1) is 0 Å². The summed E-state index contributed by atoms with van der Waals surface area (Å²) in [5.74, 6) is -0.273. The fourth-order valence-corrected chi connectivity index (χ4v) is 1.53. The van der Waals surface area contributed by atoms with E-state index >= 15 is 0 Å². The van der Waals surface area contributed by atoms with Gasteiger partial charge in [-0.2, -0.15) is 0 Å². The van der Waals surface area contributed by atoms with Crippen LogP contribution >= 0.6 is 11.6 Å². The SMILES string of the molecule is COc1cc(C(C)O)c(F)c(Cl)c1OC. The Morgan fingerprint density at radius 1 is 1.40 bits per heavy atom. The molecule has 0 heterocycles. The number of ether oxygens (including phenoxy) is 2. The zero-order valence-corrected chi connectivity index (χ0v) is 9.43. The minimum Gasteiger partial charge on any atom is -0.493 e. The lowest BCUT2D eigenvalue weighted by atomic mass is 10.1. The quantitative estimate of drug-likeness (QED) is 0.874. The van der Waals surface area contributed by atoms with Crippen molar-refractivity contribution in [1.82, 2.24) is 0 Å². The largest absolute Gasteiger partial charge is 0.493 e. The van der Waals surface area contributed by atoms with Crippen molar-refractivity contribution in [3.63, 3.8) is 0 Å². The van der Waals surface area contributed by atoms with Crippen molar-refractivity contribution in [3.05, 3.63) is 22.5 Å². The van der Waals surface area contributed by atoms with Gasteiger partial charge >= 0.3 is 0 Å². The number of benzene rings is 1. The maximum atomic E-state index is 13.6. The summed E-state index contributed by atoms with van der Waals surface area (Å²) < 4.78 is 23.5. The third-order valence-corrected chi connectivity index (χ3v) is 2.37. The van der Waals surface area contributed by atoms with Gasteiger partial charge in [0.05, 0.1) is 20.3 Å². The second-order valence-corrected chi connectivity index (χ2v) is 3.38. The third-order valence-electron chi connectivity index (χ3n) is 2.03. The van der Waals surface area contributed by atoms with Crippen LogP contribution in [0, 0.1) is 5.82 Å². The van der Waals surface area contributed by atoms with E-state index in [4.69, 9.17) is 21.1 Å². The van der Waals surface area contributed by atoms with Crippen LogP contribution < -0.4 is 9.47 Å². The molecule has 1 rings (SSSR count). The average Bonchev–Trinajstić information content (AvgIpc) is 2.21. The summed E-state index contributed by atoms with van der Waals surface area (Å²) in [5, 5.41) is 9.13. The molecule has 5 heteroatoms. The number of hydrogen-bond acceptors (Lipinski definition) is 3. The van der Waals surface area contributed by atoms with Crippen LogP contribution in [0.5, 0.6) is 11.5 Å². The molecule has 1 unspecified atom stereocenters. The fraction of sp³-hybridized carbons (Fsp3) is 0.400. The molecule has 3 nitrogen and oxygen atoms in total. The highest BCUT2D eigenvalue weighted by molar-refractivity contribution is 6.32. The van der Waals surface area contributed by atoms with E-state index in [2.05, 4.69) is 0 Å². The van der Waals surface area contributed by atoms with Crippen LogP contribution in [-0.4, -0.2) is 19.3 Å². The van der Waals surface area contributed by atoms with E-state index in [1.165, 1.54) is 27.2 Å². The van der Waals surface area contributed by atoms with Crippen molar-refractivity contribution in [1.29, 1.82) is 0 Å². The lowest BCUT2D eigenvalue weighted by Gasteiger charge is -2.14. The molecule has 1 N–H and O–H groups in total. The van der Waals surface area contributed by atoms with E-state index in [0.29, 0.717) is 5.75 Å². The van der Waals surface area contributed by atoms with Gasteiger partial charge in [0.25, 0.3) is 0 Å². The molecule has 1 aromatic rings. The highest BCUT2D eigenvalue weighted by atomic mass is 35.5. The summed E-state index contributed by atoms with van der Waals surface area (Å²) in [6.45, 7) is 1.45. The molecule has 0 aromatic heterocycles. The van der Waals surface area contributed by atoms with E-state index < -0.39 is 11.9 Å². The Bertz CT molecular complexity index is 366. The number of aliphatic hydroxyl groups is 1. The zero-order chi connectivity index (χ0) is 11.6. The van der Waals surface area contributed by atoms with E-state index in [1.54, 1.807) is 0 Å². The van der Waals surface area contributed by atoms with Crippen LogP contribution in [-0.2, 0) is 0 Å². The standard InChI is InChI=1S/C10H12ClFO3/c1-5(13)6-4-7(14-2)10(15-3)8(11)9(6)12/h4-5,13H,1-3H3. The van der Waals surface area contributed by atoms with Crippen LogP contribution in [0.1, 0.15) is 18.6 Å². The highest BCUT2D eigenvalue weighted by Crippen LogP contribution is 2.40. The van der Waals surface area contributed by atoms with Gasteiger partial charge in [0.2, 0.25) is 0 Å². The number of halogens is 2. The highest BCUT2D eigenvalue weighted by Gasteiger charge is 2.20. The number of methoxy groups -OCH3 is 2. The van der Waals surface area contributed by atoms with Gasteiger partial charge in [-0.25, -0.2) is 4.39 Å². The van der Waals surface area contributed by atoms with Crippen LogP contribution in [0.3, 0.4) is 0 Å². The second kappa shape index (κ2) is 4.68. The number of aliphatic hydroxyl groups excluding tert-OH is 1. The molecule has 0 saturated carbocycles. The van der Waals surface area contributed by atoms with Crippen molar-refractivity contribution >= 4 is 11.6 Å². The summed E-state index contributed by atoms with van der Waals surface area (Å²) in [7, 11) is 2.78. The Balaban J connectivity index is 3.42. The lowest BCUT2D eigenvalue weighted by Crippen LogP contribution is -2.01. The van der Waals surface area contributed by atoms with Gasteiger partial charge in [-0.1, -0.05) is 11.6 Å². The minimum atomic E-state index is -0.956. The van der Waals surface area contributed by atoms with E-state index in [0.717, 1.165) is 0 Å². The zero-order valence-electron chi connectivity index (χ0n) is 8.67. The summed E-state index contributed by atoms with van der Waals surface area (Å²) in [6.07, 6.45) is -0.956. The summed E-state index contributed by atoms with van der Waals surface area (Å²) in [4.78, 5) is 0. The van der Waals surface area contributed by atoms with Crippen LogP contribution in [0.4, 0.5) is 4.39 Å². The summed E-state index contributed by atoms with van der Waals surface area (Å²) in [5.41, 5.74) is 0.0812. The first-order chi connectivity index (χ1) is 7.02. The van der Waals surface area contributed by atoms with Crippen molar-refractivity contribution in [3.8, 4) is 11.5 Å². The molecule has 0 radical (unpaired) electrons. The summed E-state index contributed by atoms with van der Waals surface area (Å²) in [6, 6.07) is 1.37. The minimum absolute atomic E-state index is 0.0812. The van der Waals surface area contributed by atoms with Gasteiger partial charge < -0.3 is 14.6 Å². The van der Waals surface area contributed by atoms with Crippen LogP contribution in [0.25, 0.3) is 0 Å². The van der Waals surface area contributed by atoms with Crippen molar-refractivity contribution in [2.45, 2.75) is 13.0 Å². The Morgan fingerprint density at radius 2 is 2.00 bits per heavy atom. The normalized spacial score (nSPS) is 12.4. The Morgan fingerprint density at radius 3 is 2.40 bits per heavy atom. The number of rotatable bonds is 3. The molecule has 0 aliphatic heterocycles. The van der Waals surface area contributed by atoms with E-state index in [1.807, 2.05) is 0 Å². The van der Waals surface area contributed by atoms with Crippen LogP contribution in [0.15, 0.2) is 6.07 Å². The molecule has 84 valence electrons. The maximum absolute atomic E-state index is 13.6. The molecule has 0 aliphatic rings. The van der Waals surface area contributed by atoms with Gasteiger partial charge in [0.1, 0.15) is 5.02 Å². The molecule has 0 spiro atoms. The predicted octanol–water partition coefficient (Wildman–Crippen LogP) is 2.55. The monoisotopic (exact) mass is 234 g/mol. The third kappa shape index (κ3) is 2.16. The van der Waals surface area contributed by atoms with Gasteiger partial charge in [-0.3, -0.25) is 0 Å². The predicted molar refractivity (Wildman–Crippen MR) is 55.1 cm³/mol. The molecular weight excluding hydrogens is 223 g/mol. The smallest absolute Gasteiger partial charge is 0.182 e.